The van der Waals surface area contributed by atoms with Crippen LogP contribution in [0.3, 0.4) is 0 Å². The summed E-state index contributed by atoms with van der Waals surface area (Å²) in [5, 5.41) is 0. The van der Waals surface area contributed by atoms with Crippen molar-refractivity contribution in [2.45, 2.75) is 38.3 Å². The van der Waals surface area contributed by atoms with E-state index in [2.05, 4.69) is 0 Å². The summed E-state index contributed by atoms with van der Waals surface area (Å²) in [6.07, 6.45) is 3.14. The molecule has 0 bridgehead atoms. The Balaban J connectivity index is 0.00000289. The van der Waals surface area contributed by atoms with Gasteiger partial charge in [-0.05, 0) is 26.2 Å². The van der Waals surface area contributed by atoms with Crippen molar-refractivity contribution in [3.8, 4) is 0 Å². The first-order valence-electron chi connectivity index (χ1n) is 5.93. The fourth-order valence-corrected chi connectivity index (χ4v) is 2.78. The van der Waals surface area contributed by atoms with Gasteiger partial charge in [0, 0.05) is 18.6 Å². The second-order valence-electron chi connectivity index (χ2n) is 4.47. The third kappa shape index (κ3) is 5.46. The lowest BCUT2D eigenvalue weighted by Gasteiger charge is -2.38. The van der Waals surface area contributed by atoms with E-state index < -0.39 is 0 Å². The fraction of sp³-hybridized carbons (Fsp3) is 0.818. The van der Waals surface area contributed by atoms with Gasteiger partial charge < -0.3 is 16.4 Å². The van der Waals surface area contributed by atoms with E-state index in [0.29, 0.717) is 5.75 Å². The van der Waals surface area contributed by atoms with Crippen molar-refractivity contribution in [3.63, 3.8) is 0 Å². The molecule has 0 aromatic carbocycles. The minimum atomic E-state index is -0.384. The van der Waals surface area contributed by atoms with Crippen molar-refractivity contribution in [3.05, 3.63) is 0 Å². The predicted molar refractivity (Wildman–Crippen MR) is 76.8 cm³/mol. The van der Waals surface area contributed by atoms with E-state index in [1.165, 1.54) is 11.8 Å². The molecule has 7 heteroatoms. The first-order valence-corrected chi connectivity index (χ1v) is 7.09. The highest BCUT2D eigenvalue weighted by Crippen LogP contribution is 2.20. The summed E-state index contributed by atoms with van der Waals surface area (Å²) < 4.78 is 0. The highest BCUT2D eigenvalue weighted by atomic mass is 35.5. The van der Waals surface area contributed by atoms with Crippen molar-refractivity contribution in [2.24, 2.45) is 11.5 Å². The van der Waals surface area contributed by atoms with E-state index in [1.807, 2.05) is 11.8 Å². The van der Waals surface area contributed by atoms with Crippen LogP contribution in [-0.4, -0.2) is 46.8 Å². The van der Waals surface area contributed by atoms with Gasteiger partial charge in [-0.2, -0.15) is 0 Å². The summed E-state index contributed by atoms with van der Waals surface area (Å²) in [5.41, 5.74) is 10.9. The van der Waals surface area contributed by atoms with Crippen molar-refractivity contribution >= 4 is 36.0 Å². The third-order valence-electron chi connectivity index (χ3n) is 2.95. The summed E-state index contributed by atoms with van der Waals surface area (Å²) in [5.74, 6) is 0.192. The van der Waals surface area contributed by atoms with Crippen LogP contribution in [0.5, 0.6) is 0 Å². The molecule has 1 saturated heterocycles. The van der Waals surface area contributed by atoms with Gasteiger partial charge in [0.05, 0.1) is 11.5 Å². The summed E-state index contributed by atoms with van der Waals surface area (Å²) in [7, 11) is 0. The number of nitrogens with two attached hydrogens (primary N) is 2. The van der Waals surface area contributed by atoms with Crippen LogP contribution in [0.4, 0.5) is 0 Å². The molecule has 0 spiro atoms. The number of nitrogens with zero attached hydrogens (tertiary/aromatic N) is 1. The van der Waals surface area contributed by atoms with Crippen LogP contribution in [-0.2, 0) is 9.59 Å². The molecular weight excluding hydrogens is 274 g/mol. The molecule has 1 aliphatic rings. The van der Waals surface area contributed by atoms with Crippen molar-refractivity contribution < 1.29 is 9.59 Å². The SMILES string of the molecule is CC(N)C1CCCCN1C(=O)CSCC(N)=O.Cl. The molecule has 2 atom stereocenters. The van der Waals surface area contributed by atoms with Crippen LogP contribution in [0.1, 0.15) is 26.2 Å². The number of amides is 2. The third-order valence-corrected chi connectivity index (χ3v) is 3.89. The molecule has 1 rings (SSSR count). The molecule has 1 heterocycles. The lowest BCUT2D eigenvalue weighted by Crippen LogP contribution is -2.52. The van der Waals surface area contributed by atoms with Gasteiger partial charge in [-0.1, -0.05) is 0 Å². The van der Waals surface area contributed by atoms with Crippen molar-refractivity contribution in [1.82, 2.24) is 4.90 Å². The molecule has 2 unspecified atom stereocenters. The van der Waals surface area contributed by atoms with E-state index in [0.717, 1.165) is 25.8 Å². The normalized spacial score (nSPS) is 21.0. The lowest BCUT2D eigenvalue weighted by molar-refractivity contribution is -0.132. The number of hydrogen-bond donors (Lipinski definition) is 2. The van der Waals surface area contributed by atoms with Gasteiger partial charge in [0.1, 0.15) is 0 Å². The first kappa shape index (κ1) is 17.5. The number of halogens is 1. The van der Waals surface area contributed by atoms with E-state index in [9.17, 15) is 9.59 Å². The van der Waals surface area contributed by atoms with E-state index in [4.69, 9.17) is 11.5 Å². The zero-order valence-corrected chi connectivity index (χ0v) is 12.3. The minimum Gasteiger partial charge on any atom is -0.369 e. The van der Waals surface area contributed by atoms with Gasteiger partial charge >= 0.3 is 0 Å². The Morgan fingerprint density at radius 2 is 2.06 bits per heavy atom. The monoisotopic (exact) mass is 295 g/mol. The highest BCUT2D eigenvalue weighted by Gasteiger charge is 2.28. The number of primary amides is 1. The number of carbonyl (C=O) groups excluding carboxylic acids is 2. The standard InChI is InChI=1S/C11H21N3O2S.ClH/c1-8(12)9-4-2-3-5-14(9)11(16)7-17-6-10(13)15;/h8-9H,2-7,12H2,1H3,(H2,13,15);1H. The molecule has 0 aliphatic carbocycles. The summed E-state index contributed by atoms with van der Waals surface area (Å²) >= 11 is 1.27. The largest absolute Gasteiger partial charge is 0.369 e. The van der Waals surface area contributed by atoms with Gasteiger partial charge in [-0.3, -0.25) is 9.59 Å². The number of hydrogen-bond acceptors (Lipinski definition) is 4. The van der Waals surface area contributed by atoms with Gasteiger partial charge in [0.25, 0.3) is 0 Å². The zero-order valence-electron chi connectivity index (χ0n) is 10.6. The molecule has 2 amide bonds. The Morgan fingerprint density at radius 1 is 1.39 bits per heavy atom. The Kier molecular flexibility index (Phi) is 8.39. The fourth-order valence-electron chi connectivity index (χ4n) is 2.14. The van der Waals surface area contributed by atoms with E-state index in [-0.39, 0.29) is 42.1 Å². The highest BCUT2D eigenvalue weighted by molar-refractivity contribution is 8.00. The van der Waals surface area contributed by atoms with Crippen LogP contribution in [0.25, 0.3) is 0 Å². The molecule has 5 nitrogen and oxygen atoms in total. The number of likely N-dealkylation sites (tertiary alicyclic amines) is 1. The second kappa shape index (κ2) is 8.61. The molecule has 0 radical (unpaired) electrons. The van der Waals surface area contributed by atoms with Gasteiger partial charge in [0.2, 0.25) is 11.8 Å². The number of thioether (sulfide) groups is 1. The lowest BCUT2D eigenvalue weighted by atomic mass is 9.97. The van der Waals surface area contributed by atoms with Crippen LogP contribution in [0.2, 0.25) is 0 Å². The Hall–Kier alpha value is -0.460. The maximum absolute atomic E-state index is 12.0. The number of rotatable bonds is 5. The maximum atomic E-state index is 12.0. The summed E-state index contributed by atoms with van der Waals surface area (Å²) in [6, 6.07) is 0.144. The molecule has 106 valence electrons. The van der Waals surface area contributed by atoms with Crippen LogP contribution >= 0.6 is 24.2 Å². The minimum absolute atomic E-state index is 0. The maximum Gasteiger partial charge on any atom is 0.232 e. The summed E-state index contributed by atoms with van der Waals surface area (Å²) in [4.78, 5) is 24.4. The summed E-state index contributed by atoms with van der Waals surface area (Å²) in [6.45, 7) is 2.72. The Labute approximate surface area is 118 Å². The molecule has 1 fully saturated rings. The van der Waals surface area contributed by atoms with Gasteiger partial charge in [-0.25, -0.2) is 0 Å². The molecule has 1 aliphatic heterocycles. The van der Waals surface area contributed by atoms with E-state index in [1.54, 1.807) is 0 Å². The second-order valence-corrected chi connectivity index (χ2v) is 5.45. The van der Waals surface area contributed by atoms with Crippen molar-refractivity contribution in [2.75, 3.05) is 18.1 Å². The molecule has 0 aromatic heterocycles. The predicted octanol–water partition coefficient (Wildman–Crippen LogP) is 0.355. The average molecular weight is 296 g/mol. The molecule has 4 N–H and O–H groups in total. The molecular formula is C11H22ClN3O2S. The number of piperidine rings is 1. The van der Waals surface area contributed by atoms with Crippen LogP contribution in [0.15, 0.2) is 0 Å². The molecule has 0 aromatic rings. The average Bonchev–Trinajstić information content (AvgIpc) is 2.28. The van der Waals surface area contributed by atoms with Gasteiger partial charge in [-0.15, -0.1) is 24.2 Å². The zero-order chi connectivity index (χ0) is 12.8. The Bertz CT molecular complexity index is 289. The van der Waals surface area contributed by atoms with E-state index >= 15 is 0 Å². The molecule has 0 saturated carbocycles. The topological polar surface area (TPSA) is 89.4 Å². The van der Waals surface area contributed by atoms with Crippen molar-refractivity contribution in [1.29, 1.82) is 0 Å². The smallest absolute Gasteiger partial charge is 0.232 e. The Morgan fingerprint density at radius 3 is 2.61 bits per heavy atom. The van der Waals surface area contributed by atoms with Crippen LogP contribution < -0.4 is 11.5 Å². The van der Waals surface area contributed by atoms with Crippen LogP contribution in [0, 0.1) is 0 Å². The molecule has 18 heavy (non-hydrogen) atoms. The number of carbonyl (C=O) groups is 2. The first-order chi connectivity index (χ1) is 8.02. The van der Waals surface area contributed by atoms with Gasteiger partial charge in [0.15, 0.2) is 0 Å². The quantitative estimate of drug-likeness (QED) is 0.766.